The normalized spacial score (nSPS) is 21.1. The Bertz CT molecular complexity index is 239. The first kappa shape index (κ1) is 13.2. The molecule has 0 aliphatic carbocycles. The fraction of sp³-hybridized carbons (Fsp3) is 0.889. The number of aliphatic hydroxyl groups excluding tert-OH is 1. The van der Waals surface area contributed by atoms with Gasteiger partial charge in [0, 0.05) is 19.1 Å². The molecular formula is C9H15F3N2O2. The first-order valence-electron chi connectivity index (χ1n) is 5.15. The third-order valence-electron chi connectivity index (χ3n) is 2.50. The third kappa shape index (κ3) is 3.64. The summed E-state index contributed by atoms with van der Waals surface area (Å²) in [6, 6.07) is -0.0992. The number of rotatable bonds is 4. The zero-order valence-corrected chi connectivity index (χ0v) is 8.76. The third-order valence-corrected chi connectivity index (χ3v) is 2.50. The summed E-state index contributed by atoms with van der Waals surface area (Å²) >= 11 is 0. The van der Waals surface area contributed by atoms with Crippen LogP contribution in [-0.4, -0.2) is 54.4 Å². The van der Waals surface area contributed by atoms with Crippen molar-refractivity contribution in [3.8, 4) is 0 Å². The van der Waals surface area contributed by atoms with Gasteiger partial charge >= 0.3 is 12.1 Å². The van der Waals surface area contributed by atoms with Crippen LogP contribution in [0.1, 0.15) is 12.8 Å². The molecule has 4 nitrogen and oxygen atoms in total. The van der Waals surface area contributed by atoms with Gasteiger partial charge in [0.05, 0.1) is 6.61 Å². The van der Waals surface area contributed by atoms with Crippen LogP contribution in [0.3, 0.4) is 0 Å². The van der Waals surface area contributed by atoms with Crippen LogP contribution in [0.25, 0.3) is 0 Å². The molecule has 0 radical (unpaired) electrons. The van der Waals surface area contributed by atoms with Gasteiger partial charge in [0.15, 0.2) is 0 Å². The lowest BCUT2D eigenvalue weighted by Gasteiger charge is -2.25. The molecule has 0 bridgehead atoms. The second kappa shape index (κ2) is 5.49. The minimum absolute atomic E-state index is 0.00109. The molecule has 0 aromatic heterocycles. The SMILES string of the molecule is O=C(N(CCO)CC1CCCN1)C(F)(F)F. The maximum atomic E-state index is 12.2. The van der Waals surface area contributed by atoms with Crippen molar-refractivity contribution < 1.29 is 23.1 Å². The van der Waals surface area contributed by atoms with Gasteiger partial charge in [-0.25, -0.2) is 0 Å². The maximum absolute atomic E-state index is 12.2. The molecule has 1 rings (SSSR count). The second-order valence-electron chi connectivity index (χ2n) is 3.77. The summed E-state index contributed by atoms with van der Waals surface area (Å²) in [6.45, 7) is 0.0157. The Morgan fingerprint density at radius 1 is 1.50 bits per heavy atom. The van der Waals surface area contributed by atoms with Crippen molar-refractivity contribution in [2.45, 2.75) is 25.1 Å². The summed E-state index contributed by atoms with van der Waals surface area (Å²) in [4.78, 5) is 11.7. The Labute approximate surface area is 91.4 Å². The maximum Gasteiger partial charge on any atom is 0.471 e. The van der Waals surface area contributed by atoms with Gasteiger partial charge in [-0.05, 0) is 19.4 Å². The highest BCUT2D eigenvalue weighted by Crippen LogP contribution is 2.19. The minimum atomic E-state index is -4.87. The molecule has 16 heavy (non-hydrogen) atoms. The lowest BCUT2D eigenvalue weighted by atomic mass is 10.2. The van der Waals surface area contributed by atoms with E-state index in [4.69, 9.17) is 5.11 Å². The van der Waals surface area contributed by atoms with Crippen LogP contribution in [0.5, 0.6) is 0 Å². The Balaban J connectivity index is 2.55. The molecular weight excluding hydrogens is 225 g/mol. The van der Waals surface area contributed by atoms with Gasteiger partial charge in [-0.1, -0.05) is 0 Å². The van der Waals surface area contributed by atoms with Crippen LogP contribution in [0.2, 0.25) is 0 Å². The molecule has 7 heteroatoms. The van der Waals surface area contributed by atoms with Crippen LogP contribution < -0.4 is 5.32 Å². The van der Waals surface area contributed by atoms with Crippen molar-refractivity contribution in [1.82, 2.24) is 10.2 Å². The van der Waals surface area contributed by atoms with E-state index >= 15 is 0 Å². The summed E-state index contributed by atoms with van der Waals surface area (Å²) < 4.78 is 36.6. The number of carbonyl (C=O) groups excluding carboxylic acids is 1. The number of amides is 1. The van der Waals surface area contributed by atoms with Crippen molar-refractivity contribution in [2.75, 3.05) is 26.2 Å². The molecule has 1 heterocycles. The highest BCUT2D eigenvalue weighted by Gasteiger charge is 2.42. The summed E-state index contributed by atoms with van der Waals surface area (Å²) in [5, 5.41) is 11.7. The zero-order valence-electron chi connectivity index (χ0n) is 8.76. The van der Waals surface area contributed by atoms with Gasteiger partial charge < -0.3 is 15.3 Å². The van der Waals surface area contributed by atoms with E-state index in [9.17, 15) is 18.0 Å². The number of halogens is 3. The van der Waals surface area contributed by atoms with Crippen molar-refractivity contribution in [1.29, 1.82) is 0 Å². The van der Waals surface area contributed by atoms with Crippen LogP contribution in [0, 0.1) is 0 Å². The fourth-order valence-corrected chi connectivity index (χ4v) is 1.75. The van der Waals surface area contributed by atoms with E-state index in [2.05, 4.69) is 5.32 Å². The van der Waals surface area contributed by atoms with Crippen LogP contribution in [0.4, 0.5) is 13.2 Å². The Morgan fingerprint density at radius 3 is 2.62 bits per heavy atom. The largest absolute Gasteiger partial charge is 0.471 e. The van der Waals surface area contributed by atoms with Gasteiger partial charge in [0.2, 0.25) is 0 Å². The van der Waals surface area contributed by atoms with E-state index in [0.717, 1.165) is 19.4 Å². The predicted octanol–water partition coefficient (Wildman–Crippen LogP) is 0.122. The quantitative estimate of drug-likeness (QED) is 0.734. The van der Waals surface area contributed by atoms with Gasteiger partial charge in [-0.3, -0.25) is 4.79 Å². The molecule has 0 aromatic carbocycles. The average molecular weight is 240 g/mol. The molecule has 1 saturated heterocycles. The van der Waals surface area contributed by atoms with Crippen LogP contribution >= 0.6 is 0 Å². The van der Waals surface area contributed by atoms with E-state index in [1.165, 1.54) is 0 Å². The number of nitrogens with zero attached hydrogens (tertiary/aromatic N) is 1. The average Bonchev–Trinajstić information content (AvgIpc) is 2.67. The van der Waals surface area contributed by atoms with Gasteiger partial charge in [0.25, 0.3) is 0 Å². The Morgan fingerprint density at radius 2 is 2.19 bits per heavy atom. The summed E-state index contributed by atoms with van der Waals surface area (Å²) in [7, 11) is 0. The summed E-state index contributed by atoms with van der Waals surface area (Å²) in [6.07, 6.45) is -3.21. The number of hydrogen-bond donors (Lipinski definition) is 2. The van der Waals surface area contributed by atoms with Crippen molar-refractivity contribution >= 4 is 5.91 Å². The van der Waals surface area contributed by atoms with E-state index < -0.39 is 18.7 Å². The molecule has 1 aliphatic rings. The monoisotopic (exact) mass is 240 g/mol. The van der Waals surface area contributed by atoms with E-state index in [-0.39, 0.29) is 19.1 Å². The lowest BCUT2D eigenvalue weighted by Crippen LogP contribution is -2.47. The topological polar surface area (TPSA) is 52.6 Å². The molecule has 1 amide bonds. The molecule has 0 aromatic rings. The smallest absolute Gasteiger partial charge is 0.395 e. The van der Waals surface area contributed by atoms with Gasteiger partial charge in [-0.2, -0.15) is 13.2 Å². The summed E-state index contributed by atoms with van der Waals surface area (Å²) in [5.74, 6) is -1.88. The first-order valence-corrected chi connectivity index (χ1v) is 5.15. The van der Waals surface area contributed by atoms with Crippen LogP contribution in [-0.2, 0) is 4.79 Å². The lowest BCUT2D eigenvalue weighted by molar-refractivity contribution is -0.186. The number of alkyl halides is 3. The number of nitrogens with one attached hydrogen (secondary N) is 1. The highest BCUT2D eigenvalue weighted by molar-refractivity contribution is 5.81. The van der Waals surface area contributed by atoms with Crippen molar-refractivity contribution in [2.24, 2.45) is 0 Å². The molecule has 1 unspecified atom stereocenters. The Kier molecular flexibility index (Phi) is 4.55. The number of aliphatic hydroxyl groups is 1. The van der Waals surface area contributed by atoms with Crippen molar-refractivity contribution in [3.63, 3.8) is 0 Å². The second-order valence-corrected chi connectivity index (χ2v) is 3.77. The minimum Gasteiger partial charge on any atom is -0.395 e. The predicted molar refractivity (Wildman–Crippen MR) is 50.7 cm³/mol. The molecule has 2 N–H and O–H groups in total. The molecule has 1 atom stereocenters. The number of hydrogen-bond acceptors (Lipinski definition) is 3. The van der Waals surface area contributed by atoms with Crippen LogP contribution in [0.15, 0.2) is 0 Å². The van der Waals surface area contributed by atoms with Gasteiger partial charge in [0.1, 0.15) is 0 Å². The molecule has 94 valence electrons. The standard InChI is InChI=1S/C9H15F3N2O2/c10-9(11,12)8(16)14(4-5-15)6-7-2-1-3-13-7/h7,13,15H,1-6H2. The van der Waals surface area contributed by atoms with E-state index in [1.54, 1.807) is 0 Å². The molecule has 1 fully saturated rings. The number of carbonyl (C=O) groups is 1. The van der Waals surface area contributed by atoms with Crippen molar-refractivity contribution in [3.05, 3.63) is 0 Å². The zero-order chi connectivity index (χ0) is 12.2. The molecule has 0 spiro atoms. The molecule has 0 saturated carbocycles. The molecule has 1 aliphatic heterocycles. The van der Waals surface area contributed by atoms with E-state index in [0.29, 0.717) is 4.90 Å². The first-order chi connectivity index (χ1) is 7.45. The fourth-order valence-electron chi connectivity index (χ4n) is 1.75. The highest BCUT2D eigenvalue weighted by atomic mass is 19.4. The Hall–Kier alpha value is -0.820. The summed E-state index contributed by atoms with van der Waals surface area (Å²) in [5.41, 5.74) is 0. The van der Waals surface area contributed by atoms with Gasteiger partial charge in [-0.15, -0.1) is 0 Å². The van der Waals surface area contributed by atoms with E-state index in [1.807, 2.05) is 0 Å².